The maximum absolute atomic E-state index is 2.42. The number of rotatable bonds is 8. The summed E-state index contributed by atoms with van der Waals surface area (Å²) in [5, 5.41) is 5.02. The molecule has 1 aliphatic rings. The maximum Gasteiger partial charge on any atom is 0.0490 e. The zero-order valence-electron chi connectivity index (χ0n) is 32.1. The highest BCUT2D eigenvalue weighted by molar-refractivity contribution is 6.12. The third-order valence-corrected chi connectivity index (χ3v) is 11.3. The molecule has 0 fully saturated rings. The lowest BCUT2D eigenvalue weighted by Gasteiger charge is -2.30. The van der Waals surface area contributed by atoms with Crippen molar-refractivity contribution in [2.24, 2.45) is 0 Å². The molecular weight excluding hydrogens is 653 g/mol. The Morgan fingerprint density at radius 2 is 0.704 bits per heavy atom. The number of aryl methyl sites for hydroxylation is 2. The molecule has 264 valence electrons. The fourth-order valence-corrected chi connectivity index (χ4v) is 8.21. The van der Waals surface area contributed by atoms with E-state index in [1.165, 1.54) is 88.8 Å². The highest BCUT2D eigenvalue weighted by Gasteiger charge is 2.25. The van der Waals surface area contributed by atoms with Gasteiger partial charge in [0.1, 0.15) is 0 Å². The van der Waals surface area contributed by atoms with Gasteiger partial charge in [-0.2, -0.15) is 0 Å². The second-order valence-electron chi connectivity index (χ2n) is 15.6. The largest absolute Gasteiger partial charge is 0.310 e. The molecular formula is C52H46N2. The fraction of sp³-hybridized carbons (Fsp3) is 0.154. The van der Waals surface area contributed by atoms with Crippen molar-refractivity contribution in [1.82, 2.24) is 0 Å². The summed E-state index contributed by atoms with van der Waals surface area (Å²) in [6.07, 6.45) is 0. The van der Waals surface area contributed by atoms with Gasteiger partial charge in [-0.25, -0.2) is 0 Å². The van der Waals surface area contributed by atoms with Gasteiger partial charge >= 0.3 is 0 Å². The van der Waals surface area contributed by atoms with Crippen LogP contribution in [0.5, 0.6) is 0 Å². The summed E-state index contributed by atoms with van der Waals surface area (Å²) in [5.74, 6) is 0.904. The number of hydrogen-bond donors (Lipinski definition) is 0. The predicted octanol–water partition coefficient (Wildman–Crippen LogP) is 15.4. The predicted molar refractivity (Wildman–Crippen MR) is 233 cm³/mol. The zero-order valence-corrected chi connectivity index (χ0v) is 32.1. The highest BCUT2D eigenvalue weighted by Crippen LogP contribution is 2.51. The first-order valence-electron chi connectivity index (χ1n) is 19.3. The Labute approximate surface area is 320 Å². The maximum atomic E-state index is 2.42. The van der Waals surface area contributed by atoms with Crippen molar-refractivity contribution in [2.75, 3.05) is 9.80 Å². The molecule has 1 aliphatic carbocycles. The van der Waals surface area contributed by atoms with E-state index in [0.717, 1.165) is 11.4 Å². The van der Waals surface area contributed by atoms with Crippen LogP contribution in [0.2, 0.25) is 0 Å². The van der Waals surface area contributed by atoms with E-state index in [1.54, 1.807) is 0 Å². The zero-order chi connectivity index (χ0) is 37.1. The van der Waals surface area contributed by atoms with Gasteiger partial charge in [0.05, 0.1) is 0 Å². The van der Waals surface area contributed by atoms with Gasteiger partial charge in [0.2, 0.25) is 0 Å². The van der Waals surface area contributed by atoms with Gasteiger partial charge in [-0.1, -0.05) is 100 Å². The monoisotopic (exact) mass is 698 g/mol. The molecule has 2 nitrogen and oxygen atoms in total. The van der Waals surface area contributed by atoms with Gasteiger partial charge in [0, 0.05) is 34.1 Å². The van der Waals surface area contributed by atoms with Crippen LogP contribution >= 0.6 is 0 Å². The van der Waals surface area contributed by atoms with E-state index in [2.05, 4.69) is 209 Å². The second-order valence-corrected chi connectivity index (χ2v) is 15.6. The number of anilines is 6. The summed E-state index contributed by atoms with van der Waals surface area (Å²) in [4.78, 5) is 4.83. The van der Waals surface area contributed by atoms with Crippen molar-refractivity contribution in [3.63, 3.8) is 0 Å². The fourth-order valence-electron chi connectivity index (χ4n) is 8.21. The molecule has 0 aromatic heterocycles. The first-order chi connectivity index (χ1) is 26.2. The number of hydrogen-bond acceptors (Lipinski definition) is 2. The molecule has 0 atom stereocenters. The van der Waals surface area contributed by atoms with Crippen LogP contribution in [0.1, 0.15) is 61.8 Å². The van der Waals surface area contributed by atoms with Crippen LogP contribution in [0.4, 0.5) is 34.1 Å². The summed E-state index contributed by atoms with van der Waals surface area (Å²) in [6.45, 7) is 13.5. The topological polar surface area (TPSA) is 6.48 Å². The Hall–Kier alpha value is -6.12. The van der Waals surface area contributed by atoms with Crippen LogP contribution < -0.4 is 9.80 Å². The third kappa shape index (κ3) is 5.83. The van der Waals surface area contributed by atoms with Gasteiger partial charge in [0.15, 0.2) is 0 Å². The summed E-state index contributed by atoms with van der Waals surface area (Å²) < 4.78 is 0. The highest BCUT2D eigenvalue weighted by atomic mass is 15.1. The smallest absolute Gasteiger partial charge is 0.0490 e. The SMILES string of the molecule is Cc1ccccc1N(c1cccc(C(C)C)c1)c1ccc2cc3c(cc2c1)-c1cc2cc(N(c4cccc(C(C)C)c4)c4ccccc4C)ccc2cc1-3. The molecule has 0 saturated heterocycles. The molecule has 0 spiro atoms. The Morgan fingerprint density at radius 1 is 0.333 bits per heavy atom. The minimum atomic E-state index is 0.452. The number of nitrogens with zero attached hydrogens (tertiary/aromatic N) is 2. The van der Waals surface area contributed by atoms with Crippen molar-refractivity contribution >= 4 is 55.7 Å². The van der Waals surface area contributed by atoms with Crippen molar-refractivity contribution < 1.29 is 0 Å². The summed E-state index contributed by atoms with van der Waals surface area (Å²) >= 11 is 0. The molecule has 9 rings (SSSR count). The molecule has 8 aromatic rings. The van der Waals surface area contributed by atoms with E-state index in [9.17, 15) is 0 Å². The van der Waals surface area contributed by atoms with Crippen LogP contribution in [0.25, 0.3) is 43.8 Å². The molecule has 0 heterocycles. The Kier molecular flexibility index (Phi) is 8.35. The second kappa shape index (κ2) is 13.4. The lowest BCUT2D eigenvalue weighted by molar-refractivity contribution is 0.866. The number of benzene rings is 8. The molecule has 0 unspecified atom stereocenters. The molecule has 0 radical (unpaired) electrons. The first-order valence-corrected chi connectivity index (χ1v) is 19.3. The number of fused-ring (bicyclic) bond motifs is 6. The molecule has 0 amide bonds. The standard InChI is InChI=1S/C52H46N2/c1-33(2)37-15-11-17-43(25-37)53(51-19-9-7-13-35(51)5)45-23-21-39-29-47-48-30-40-22-24-46(28-42(40)32-50(48)49(47)31-41(39)27-45)54(52-20-10-8-14-36(52)6)44-18-12-16-38(26-44)34(3)4/h7-34H,1-6H3. The summed E-state index contributed by atoms with van der Waals surface area (Å²) in [7, 11) is 0. The summed E-state index contributed by atoms with van der Waals surface area (Å²) in [6, 6.07) is 58.9. The van der Waals surface area contributed by atoms with E-state index < -0.39 is 0 Å². The van der Waals surface area contributed by atoms with Crippen molar-refractivity contribution in [3.8, 4) is 22.3 Å². The van der Waals surface area contributed by atoms with Gasteiger partial charge in [0.25, 0.3) is 0 Å². The molecule has 8 aromatic carbocycles. The molecule has 0 saturated carbocycles. The Morgan fingerprint density at radius 3 is 1.09 bits per heavy atom. The minimum Gasteiger partial charge on any atom is -0.310 e. The molecule has 0 aliphatic heterocycles. The van der Waals surface area contributed by atoms with Gasteiger partial charge in [-0.15, -0.1) is 0 Å². The van der Waals surface area contributed by atoms with Gasteiger partial charge in [-0.05, 0) is 177 Å². The number of para-hydroxylation sites is 2. The van der Waals surface area contributed by atoms with Crippen LogP contribution in [0, 0.1) is 13.8 Å². The van der Waals surface area contributed by atoms with Gasteiger partial charge < -0.3 is 9.80 Å². The quantitative estimate of drug-likeness (QED) is 0.156. The van der Waals surface area contributed by atoms with E-state index in [4.69, 9.17) is 0 Å². The lowest BCUT2D eigenvalue weighted by atomic mass is 9.78. The van der Waals surface area contributed by atoms with E-state index in [1.807, 2.05) is 0 Å². The molecule has 54 heavy (non-hydrogen) atoms. The minimum absolute atomic E-state index is 0.452. The van der Waals surface area contributed by atoms with E-state index >= 15 is 0 Å². The first kappa shape index (κ1) is 33.7. The normalized spacial score (nSPS) is 11.9. The van der Waals surface area contributed by atoms with Crippen LogP contribution in [0.15, 0.2) is 158 Å². The third-order valence-electron chi connectivity index (χ3n) is 11.3. The van der Waals surface area contributed by atoms with Crippen LogP contribution in [-0.4, -0.2) is 0 Å². The van der Waals surface area contributed by atoms with E-state index in [-0.39, 0.29) is 0 Å². The van der Waals surface area contributed by atoms with E-state index in [0.29, 0.717) is 11.8 Å². The van der Waals surface area contributed by atoms with Crippen LogP contribution in [-0.2, 0) is 0 Å². The lowest BCUT2D eigenvalue weighted by Crippen LogP contribution is -2.12. The summed E-state index contributed by atoms with van der Waals surface area (Å²) in [5.41, 5.74) is 17.6. The molecule has 0 N–H and O–H groups in total. The molecule has 2 heteroatoms. The average molecular weight is 699 g/mol. The van der Waals surface area contributed by atoms with Gasteiger partial charge in [-0.3, -0.25) is 0 Å². The Balaban J connectivity index is 1.14. The Bertz CT molecular complexity index is 2530. The molecule has 0 bridgehead atoms. The van der Waals surface area contributed by atoms with Crippen molar-refractivity contribution in [1.29, 1.82) is 0 Å². The van der Waals surface area contributed by atoms with Crippen LogP contribution in [0.3, 0.4) is 0 Å². The van der Waals surface area contributed by atoms with Crippen molar-refractivity contribution in [2.45, 2.75) is 53.4 Å². The van der Waals surface area contributed by atoms with Crippen molar-refractivity contribution in [3.05, 3.63) is 180 Å². The average Bonchev–Trinajstić information content (AvgIpc) is 3.18.